The molecule has 1 heteroatoms. The molecule has 0 heterocycles. The largest absolute Gasteiger partial charge is 0.326 e. The van der Waals surface area contributed by atoms with Gasteiger partial charge >= 0.3 is 0 Å². The van der Waals surface area contributed by atoms with E-state index in [1.54, 1.807) is 0 Å². The second-order valence-electron chi connectivity index (χ2n) is 3.13. The second kappa shape index (κ2) is 2.67. The number of hydrogen-bond acceptors (Lipinski definition) is 1. The van der Waals surface area contributed by atoms with Crippen LogP contribution in [0.2, 0.25) is 0 Å². The molecule has 1 aliphatic carbocycles. The van der Waals surface area contributed by atoms with Crippen molar-refractivity contribution in [1.29, 1.82) is 0 Å². The highest BCUT2D eigenvalue weighted by Crippen LogP contribution is 2.39. The maximum Gasteiger partial charge on any atom is 0.0178 e. The van der Waals surface area contributed by atoms with Gasteiger partial charge in [0.15, 0.2) is 0 Å². The first kappa shape index (κ1) is 6.86. The standard InChI is InChI=1S/C10H12N/c11-7-8-2-1-3-10(6-8)9-4-5-9/h1-2,6,9H,4-5,7,11H2. The number of benzene rings is 1. The van der Waals surface area contributed by atoms with Crippen molar-refractivity contribution in [3.8, 4) is 0 Å². The molecule has 0 spiro atoms. The van der Waals surface area contributed by atoms with E-state index in [4.69, 9.17) is 5.73 Å². The van der Waals surface area contributed by atoms with Gasteiger partial charge < -0.3 is 5.73 Å². The van der Waals surface area contributed by atoms with Crippen LogP contribution in [0.25, 0.3) is 0 Å². The molecule has 1 saturated carbocycles. The Morgan fingerprint density at radius 2 is 2.36 bits per heavy atom. The maximum atomic E-state index is 5.53. The summed E-state index contributed by atoms with van der Waals surface area (Å²) in [6.45, 7) is 0.647. The van der Waals surface area contributed by atoms with Gasteiger partial charge in [0.25, 0.3) is 0 Å². The molecule has 0 saturated heterocycles. The van der Waals surface area contributed by atoms with Crippen molar-refractivity contribution in [2.75, 3.05) is 0 Å². The van der Waals surface area contributed by atoms with Crippen molar-refractivity contribution in [2.45, 2.75) is 25.3 Å². The molecule has 1 fully saturated rings. The molecule has 1 aliphatic rings. The third-order valence-corrected chi connectivity index (χ3v) is 2.14. The molecule has 11 heavy (non-hydrogen) atoms. The summed E-state index contributed by atoms with van der Waals surface area (Å²) in [6, 6.07) is 9.44. The van der Waals surface area contributed by atoms with Gasteiger partial charge in [-0.1, -0.05) is 18.2 Å². The van der Waals surface area contributed by atoms with Crippen LogP contribution in [0.3, 0.4) is 0 Å². The summed E-state index contributed by atoms with van der Waals surface area (Å²) >= 11 is 0. The van der Waals surface area contributed by atoms with E-state index in [1.807, 2.05) is 12.1 Å². The van der Waals surface area contributed by atoms with Crippen molar-refractivity contribution >= 4 is 0 Å². The monoisotopic (exact) mass is 146 g/mol. The first-order valence-electron chi connectivity index (χ1n) is 4.11. The number of hydrogen-bond donors (Lipinski definition) is 1. The molecule has 2 rings (SSSR count). The lowest BCUT2D eigenvalue weighted by Crippen LogP contribution is -1.96. The third kappa shape index (κ3) is 1.43. The summed E-state index contributed by atoms with van der Waals surface area (Å²) in [5.41, 5.74) is 8.11. The zero-order chi connectivity index (χ0) is 7.68. The molecule has 0 unspecified atom stereocenters. The van der Waals surface area contributed by atoms with E-state index in [0.29, 0.717) is 6.54 Å². The van der Waals surface area contributed by atoms with Crippen molar-refractivity contribution in [3.63, 3.8) is 0 Å². The average Bonchev–Trinajstić information content (AvgIpc) is 2.87. The Hall–Kier alpha value is -0.820. The first-order valence-corrected chi connectivity index (χ1v) is 4.11. The van der Waals surface area contributed by atoms with Gasteiger partial charge in [0.2, 0.25) is 0 Å². The molecular weight excluding hydrogens is 134 g/mol. The highest BCUT2D eigenvalue weighted by molar-refractivity contribution is 5.27. The lowest BCUT2D eigenvalue weighted by Gasteiger charge is -1.99. The van der Waals surface area contributed by atoms with Crippen LogP contribution < -0.4 is 5.73 Å². The Bertz CT molecular complexity index is 251. The fourth-order valence-electron chi connectivity index (χ4n) is 1.29. The summed E-state index contributed by atoms with van der Waals surface area (Å²) in [7, 11) is 0. The molecule has 0 atom stereocenters. The number of nitrogens with two attached hydrogens (primary N) is 1. The predicted octanol–water partition coefficient (Wildman–Crippen LogP) is 1.82. The summed E-state index contributed by atoms with van der Waals surface area (Å²) in [5.74, 6) is 0.793. The van der Waals surface area contributed by atoms with Crippen molar-refractivity contribution in [2.24, 2.45) is 5.73 Å². The minimum absolute atomic E-state index is 0.647. The van der Waals surface area contributed by atoms with E-state index in [-0.39, 0.29) is 0 Å². The molecule has 0 aromatic heterocycles. The highest BCUT2D eigenvalue weighted by atomic mass is 14.5. The zero-order valence-electron chi connectivity index (χ0n) is 6.51. The maximum absolute atomic E-state index is 5.53. The quantitative estimate of drug-likeness (QED) is 0.676. The molecule has 57 valence electrons. The van der Waals surface area contributed by atoms with Crippen LogP contribution in [0.1, 0.15) is 29.9 Å². The van der Waals surface area contributed by atoms with Crippen molar-refractivity contribution in [1.82, 2.24) is 0 Å². The lowest BCUT2D eigenvalue weighted by atomic mass is 10.1. The van der Waals surface area contributed by atoms with Crippen LogP contribution in [0.5, 0.6) is 0 Å². The molecule has 1 aromatic rings. The highest BCUT2D eigenvalue weighted by Gasteiger charge is 2.23. The van der Waals surface area contributed by atoms with Crippen molar-refractivity contribution < 1.29 is 0 Å². The Balaban J connectivity index is 2.26. The summed E-state index contributed by atoms with van der Waals surface area (Å²) < 4.78 is 0. The van der Waals surface area contributed by atoms with E-state index >= 15 is 0 Å². The molecule has 1 radical (unpaired) electrons. The van der Waals surface area contributed by atoms with Gasteiger partial charge in [-0.15, -0.1) is 0 Å². The lowest BCUT2D eigenvalue weighted by molar-refractivity contribution is 1.04. The van der Waals surface area contributed by atoms with Gasteiger partial charge in [0.1, 0.15) is 0 Å². The summed E-state index contributed by atoms with van der Waals surface area (Å²) in [6.07, 6.45) is 2.68. The Morgan fingerprint density at radius 1 is 1.55 bits per heavy atom. The van der Waals surface area contributed by atoms with Crippen LogP contribution >= 0.6 is 0 Å². The molecule has 1 aromatic carbocycles. The van der Waals surface area contributed by atoms with Gasteiger partial charge in [0.05, 0.1) is 0 Å². The van der Waals surface area contributed by atoms with E-state index < -0.39 is 0 Å². The SMILES string of the molecule is NCc1cc[c]c(C2CC2)c1. The van der Waals surface area contributed by atoms with E-state index in [2.05, 4.69) is 12.1 Å². The van der Waals surface area contributed by atoms with Gasteiger partial charge in [-0.05, 0) is 36.0 Å². The van der Waals surface area contributed by atoms with Crippen molar-refractivity contribution in [3.05, 3.63) is 35.4 Å². The summed E-state index contributed by atoms with van der Waals surface area (Å²) in [5, 5.41) is 0. The predicted molar refractivity (Wildman–Crippen MR) is 45.1 cm³/mol. The van der Waals surface area contributed by atoms with Crippen LogP contribution in [-0.2, 0) is 6.54 Å². The molecule has 2 N–H and O–H groups in total. The van der Waals surface area contributed by atoms with Gasteiger partial charge in [-0.2, -0.15) is 0 Å². The zero-order valence-corrected chi connectivity index (χ0v) is 6.51. The molecular formula is C10H12N. The first-order chi connectivity index (χ1) is 5.40. The smallest absolute Gasteiger partial charge is 0.0178 e. The molecule has 0 aliphatic heterocycles. The van der Waals surface area contributed by atoms with Crippen LogP contribution in [0, 0.1) is 6.07 Å². The minimum Gasteiger partial charge on any atom is -0.326 e. The molecule has 0 bridgehead atoms. The molecule has 1 nitrogen and oxygen atoms in total. The third-order valence-electron chi connectivity index (χ3n) is 2.14. The van der Waals surface area contributed by atoms with E-state index in [0.717, 1.165) is 5.92 Å². The Labute approximate surface area is 67.2 Å². The fourth-order valence-corrected chi connectivity index (χ4v) is 1.29. The van der Waals surface area contributed by atoms with E-state index in [1.165, 1.54) is 24.0 Å². The van der Waals surface area contributed by atoms with Crippen LogP contribution in [-0.4, -0.2) is 0 Å². The number of rotatable bonds is 2. The van der Waals surface area contributed by atoms with Crippen LogP contribution in [0.4, 0.5) is 0 Å². The Morgan fingerprint density at radius 3 is 3.00 bits per heavy atom. The Kier molecular flexibility index (Phi) is 1.66. The molecule has 0 amide bonds. The minimum atomic E-state index is 0.647. The van der Waals surface area contributed by atoms with E-state index in [9.17, 15) is 0 Å². The second-order valence-corrected chi connectivity index (χ2v) is 3.13. The fraction of sp³-hybridized carbons (Fsp3) is 0.400. The van der Waals surface area contributed by atoms with Crippen LogP contribution in [0.15, 0.2) is 18.2 Å². The van der Waals surface area contributed by atoms with Gasteiger partial charge in [0, 0.05) is 6.54 Å². The van der Waals surface area contributed by atoms with Gasteiger partial charge in [-0.25, -0.2) is 0 Å². The topological polar surface area (TPSA) is 26.0 Å². The van der Waals surface area contributed by atoms with Gasteiger partial charge in [-0.3, -0.25) is 0 Å². The normalized spacial score (nSPS) is 16.8. The average molecular weight is 146 g/mol. The summed E-state index contributed by atoms with van der Waals surface area (Å²) in [4.78, 5) is 0.